The first kappa shape index (κ1) is 27.4. The van der Waals surface area contributed by atoms with Crippen LogP contribution in [-0.2, 0) is 0 Å². The smallest absolute Gasteiger partial charge is 0.0464 e. The molecule has 5 rings (SSSR count). The number of rotatable bonds is 9. The first-order valence-corrected chi connectivity index (χ1v) is 14.0. The molecule has 5 aromatic rings. The van der Waals surface area contributed by atoms with Crippen molar-refractivity contribution in [1.82, 2.24) is 0 Å². The van der Waals surface area contributed by atoms with E-state index < -0.39 is 0 Å². The van der Waals surface area contributed by atoms with Gasteiger partial charge in [-0.2, -0.15) is 0 Å². The molecule has 0 aliphatic heterocycles. The SMILES string of the molecule is Cc1ccc(N(c2ccc(C=CC=Cc3ccccc3)cc2)c2ccc(C=CC=Cc3ccccc3)cc2)cc1C. The number of aryl methyl sites for hydroxylation is 2. The highest BCUT2D eigenvalue weighted by atomic mass is 15.1. The van der Waals surface area contributed by atoms with Crippen molar-refractivity contribution in [2.75, 3.05) is 4.90 Å². The molecule has 200 valence electrons. The van der Waals surface area contributed by atoms with Crippen molar-refractivity contribution in [1.29, 1.82) is 0 Å². The highest BCUT2D eigenvalue weighted by molar-refractivity contribution is 5.78. The van der Waals surface area contributed by atoms with Gasteiger partial charge in [0.1, 0.15) is 0 Å². The fourth-order valence-electron chi connectivity index (χ4n) is 4.58. The Morgan fingerprint density at radius 3 is 1.12 bits per heavy atom. The number of hydrogen-bond donors (Lipinski definition) is 0. The molecule has 1 heteroatoms. The monoisotopic (exact) mass is 529 g/mol. The van der Waals surface area contributed by atoms with Crippen molar-refractivity contribution >= 4 is 41.4 Å². The van der Waals surface area contributed by atoms with E-state index in [2.05, 4.69) is 183 Å². The summed E-state index contributed by atoms with van der Waals surface area (Å²) in [4.78, 5) is 2.32. The number of hydrogen-bond acceptors (Lipinski definition) is 1. The standard InChI is InChI=1S/C40H35N/c1-32-21-26-40(31-33(32)2)41(38-27-22-36(23-28-38)19-11-9-17-34-13-5-3-6-14-34)39-29-24-37(25-30-39)20-12-10-18-35-15-7-4-8-16-35/h3-31H,1-2H3. The Labute approximate surface area is 244 Å². The van der Waals surface area contributed by atoms with Crippen molar-refractivity contribution in [2.24, 2.45) is 0 Å². The van der Waals surface area contributed by atoms with Gasteiger partial charge in [-0.15, -0.1) is 0 Å². The Hall–Kier alpha value is -5.14. The summed E-state index contributed by atoms with van der Waals surface area (Å²) in [6.45, 7) is 4.33. The third-order valence-corrected chi connectivity index (χ3v) is 7.03. The van der Waals surface area contributed by atoms with Crippen LogP contribution in [0.1, 0.15) is 33.4 Å². The average Bonchev–Trinajstić information content (AvgIpc) is 3.02. The predicted molar refractivity (Wildman–Crippen MR) is 180 cm³/mol. The molecule has 0 atom stereocenters. The van der Waals surface area contributed by atoms with E-state index in [1.807, 2.05) is 12.1 Å². The van der Waals surface area contributed by atoms with Crippen molar-refractivity contribution in [3.8, 4) is 0 Å². The molecule has 0 saturated heterocycles. The van der Waals surface area contributed by atoms with Gasteiger partial charge >= 0.3 is 0 Å². The molecule has 0 radical (unpaired) electrons. The summed E-state index contributed by atoms with van der Waals surface area (Å²) in [5.74, 6) is 0. The van der Waals surface area contributed by atoms with Crippen LogP contribution in [-0.4, -0.2) is 0 Å². The Kier molecular flexibility index (Phi) is 9.22. The fraction of sp³-hybridized carbons (Fsp3) is 0.0500. The van der Waals surface area contributed by atoms with Gasteiger partial charge in [-0.05, 0) is 83.6 Å². The van der Waals surface area contributed by atoms with Gasteiger partial charge in [0.15, 0.2) is 0 Å². The van der Waals surface area contributed by atoms with Gasteiger partial charge in [-0.1, -0.05) is 140 Å². The number of benzene rings is 5. The van der Waals surface area contributed by atoms with Gasteiger partial charge in [0.2, 0.25) is 0 Å². The van der Waals surface area contributed by atoms with Crippen molar-refractivity contribution < 1.29 is 0 Å². The molecule has 0 aromatic heterocycles. The Bertz CT molecular complexity index is 1550. The van der Waals surface area contributed by atoms with E-state index in [0.717, 1.165) is 28.2 Å². The third-order valence-electron chi connectivity index (χ3n) is 7.03. The average molecular weight is 530 g/mol. The lowest BCUT2D eigenvalue weighted by atomic mass is 10.1. The number of allylic oxidation sites excluding steroid dienone is 4. The molecule has 0 saturated carbocycles. The molecule has 5 aromatic carbocycles. The van der Waals surface area contributed by atoms with E-state index in [9.17, 15) is 0 Å². The van der Waals surface area contributed by atoms with Crippen LogP contribution in [0.2, 0.25) is 0 Å². The molecule has 0 aliphatic rings. The largest absolute Gasteiger partial charge is 0.310 e. The molecule has 41 heavy (non-hydrogen) atoms. The highest BCUT2D eigenvalue weighted by Crippen LogP contribution is 2.35. The second kappa shape index (κ2) is 13.8. The summed E-state index contributed by atoms with van der Waals surface area (Å²) in [6.07, 6.45) is 16.8. The maximum atomic E-state index is 2.32. The third kappa shape index (κ3) is 7.71. The lowest BCUT2D eigenvalue weighted by Gasteiger charge is -2.26. The molecular weight excluding hydrogens is 494 g/mol. The van der Waals surface area contributed by atoms with Crippen LogP contribution < -0.4 is 4.90 Å². The van der Waals surface area contributed by atoms with Gasteiger partial charge in [-0.25, -0.2) is 0 Å². The quantitative estimate of drug-likeness (QED) is 0.172. The highest BCUT2D eigenvalue weighted by Gasteiger charge is 2.13. The summed E-state index contributed by atoms with van der Waals surface area (Å²) in [6, 6.07) is 44.8. The Morgan fingerprint density at radius 1 is 0.366 bits per heavy atom. The van der Waals surface area contributed by atoms with Crippen molar-refractivity contribution in [3.63, 3.8) is 0 Å². The predicted octanol–water partition coefficient (Wildman–Crippen LogP) is 11.2. The maximum Gasteiger partial charge on any atom is 0.0464 e. The molecule has 0 spiro atoms. The topological polar surface area (TPSA) is 3.24 Å². The zero-order chi connectivity index (χ0) is 28.3. The van der Waals surface area contributed by atoms with Gasteiger partial charge in [0, 0.05) is 17.1 Å². The minimum absolute atomic E-state index is 1.12. The zero-order valence-electron chi connectivity index (χ0n) is 23.7. The lowest BCUT2D eigenvalue weighted by Crippen LogP contribution is -2.10. The maximum absolute atomic E-state index is 2.32. The van der Waals surface area contributed by atoms with Crippen LogP contribution in [0.25, 0.3) is 24.3 Å². The van der Waals surface area contributed by atoms with Crippen LogP contribution in [0.5, 0.6) is 0 Å². The Balaban J connectivity index is 1.35. The first-order valence-electron chi connectivity index (χ1n) is 14.0. The van der Waals surface area contributed by atoms with E-state index in [0.29, 0.717) is 0 Å². The van der Waals surface area contributed by atoms with Gasteiger partial charge < -0.3 is 4.90 Å². The minimum Gasteiger partial charge on any atom is -0.310 e. The molecule has 1 nitrogen and oxygen atoms in total. The lowest BCUT2D eigenvalue weighted by molar-refractivity contribution is 1.25. The summed E-state index contributed by atoms with van der Waals surface area (Å²) < 4.78 is 0. The summed E-state index contributed by atoms with van der Waals surface area (Å²) >= 11 is 0. The summed E-state index contributed by atoms with van der Waals surface area (Å²) in [7, 11) is 0. The van der Waals surface area contributed by atoms with Gasteiger partial charge in [0.05, 0.1) is 0 Å². The molecule has 0 heterocycles. The van der Waals surface area contributed by atoms with Crippen LogP contribution in [0, 0.1) is 13.8 Å². The van der Waals surface area contributed by atoms with E-state index in [4.69, 9.17) is 0 Å². The molecule has 0 unspecified atom stereocenters. The zero-order valence-corrected chi connectivity index (χ0v) is 23.7. The van der Waals surface area contributed by atoms with E-state index in [-0.39, 0.29) is 0 Å². The Morgan fingerprint density at radius 2 is 0.732 bits per heavy atom. The van der Waals surface area contributed by atoms with Crippen LogP contribution in [0.4, 0.5) is 17.1 Å². The normalized spacial score (nSPS) is 11.8. The second-order valence-corrected chi connectivity index (χ2v) is 10.0. The van der Waals surface area contributed by atoms with Crippen molar-refractivity contribution in [2.45, 2.75) is 13.8 Å². The van der Waals surface area contributed by atoms with Crippen LogP contribution >= 0.6 is 0 Å². The summed E-state index contributed by atoms with van der Waals surface area (Å²) in [5.41, 5.74) is 10.7. The van der Waals surface area contributed by atoms with Gasteiger partial charge in [-0.3, -0.25) is 0 Å². The minimum atomic E-state index is 1.12. The second-order valence-electron chi connectivity index (χ2n) is 10.0. The first-order chi connectivity index (χ1) is 20.2. The molecule has 0 amide bonds. The molecule has 0 bridgehead atoms. The van der Waals surface area contributed by atoms with E-state index in [1.165, 1.54) is 22.3 Å². The molecule has 0 N–H and O–H groups in total. The van der Waals surface area contributed by atoms with Crippen LogP contribution in [0.15, 0.2) is 152 Å². The molecule has 0 aliphatic carbocycles. The molecular formula is C40H35N. The van der Waals surface area contributed by atoms with Crippen molar-refractivity contribution in [3.05, 3.63) is 185 Å². The van der Waals surface area contributed by atoms with E-state index in [1.54, 1.807) is 0 Å². The fourth-order valence-corrected chi connectivity index (χ4v) is 4.58. The van der Waals surface area contributed by atoms with Gasteiger partial charge in [0.25, 0.3) is 0 Å². The number of anilines is 3. The van der Waals surface area contributed by atoms with E-state index >= 15 is 0 Å². The molecule has 0 fully saturated rings. The number of nitrogens with zero attached hydrogens (tertiary/aromatic N) is 1. The van der Waals surface area contributed by atoms with Crippen LogP contribution in [0.3, 0.4) is 0 Å². The summed E-state index contributed by atoms with van der Waals surface area (Å²) in [5, 5.41) is 0.